The van der Waals surface area contributed by atoms with Crippen LogP contribution < -0.4 is 0 Å². The fraction of sp³-hybridized carbons (Fsp3) is 0.357. The van der Waals surface area contributed by atoms with Crippen molar-refractivity contribution in [3.63, 3.8) is 0 Å². The summed E-state index contributed by atoms with van der Waals surface area (Å²) in [6.45, 7) is 6.55. The Morgan fingerprint density at radius 1 is 1.28 bits per heavy atom. The molecule has 0 aliphatic carbocycles. The van der Waals surface area contributed by atoms with Gasteiger partial charge in [0.05, 0.1) is 18.8 Å². The van der Waals surface area contributed by atoms with E-state index in [1.807, 2.05) is 43.7 Å². The van der Waals surface area contributed by atoms with Crippen LogP contribution in [0.15, 0.2) is 18.2 Å². The van der Waals surface area contributed by atoms with E-state index in [1.165, 1.54) is 0 Å². The first-order valence-electron chi connectivity index (χ1n) is 5.91. The quantitative estimate of drug-likeness (QED) is 0.926. The van der Waals surface area contributed by atoms with Crippen LogP contribution in [0.4, 0.5) is 0 Å². The molecule has 4 heteroatoms. The largest absolute Gasteiger partial charge is 0.392 e. The van der Waals surface area contributed by atoms with E-state index in [9.17, 15) is 5.11 Å². The number of halogens is 1. The molecule has 1 heterocycles. The molecular formula is C14H17ClN2O. The molecule has 1 aromatic carbocycles. The molecule has 96 valence electrons. The van der Waals surface area contributed by atoms with Crippen LogP contribution in [-0.2, 0) is 13.2 Å². The number of hydrogen-bond donors (Lipinski definition) is 1. The summed E-state index contributed by atoms with van der Waals surface area (Å²) >= 11 is 6.22. The Hall–Kier alpha value is -1.32. The van der Waals surface area contributed by atoms with Crippen LogP contribution in [-0.4, -0.2) is 14.9 Å². The van der Waals surface area contributed by atoms with E-state index in [0.717, 1.165) is 33.1 Å². The van der Waals surface area contributed by atoms with E-state index in [2.05, 4.69) is 5.10 Å². The molecule has 0 radical (unpaired) electrons. The van der Waals surface area contributed by atoms with Gasteiger partial charge in [-0.25, -0.2) is 0 Å². The summed E-state index contributed by atoms with van der Waals surface area (Å²) in [5.74, 6) is 0. The van der Waals surface area contributed by atoms with Gasteiger partial charge < -0.3 is 5.11 Å². The molecular weight excluding hydrogens is 248 g/mol. The standard InChI is InChI=1S/C14H17ClN2O/c1-9-4-5-12(14(15)6-9)7-17-11(3)13(8-18)10(2)16-17/h4-6,18H,7-8H2,1-3H3. The highest BCUT2D eigenvalue weighted by molar-refractivity contribution is 6.31. The first-order valence-corrected chi connectivity index (χ1v) is 6.29. The number of aliphatic hydroxyl groups is 1. The van der Waals surface area contributed by atoms with E-state index >= 15 is 0 Å². The monoisotopic (exact) mass is 264 g/mol. The van der Waals surface area contributed by atoms with Crippen molar-refractivity contribution in [3.05, 3.63) is 51.3 Å². The van der Waals surface area contributed by atoms with Crippen LogP contribution in [0.2, 0.25) is 5.02 Å². The molecule has 0 unspecified atom stereocenters. The molecule has 2 aromatic rings. The number of hydrogen-bond acceptors (Lipinski definition) is 2. The van der Waals surface area contributed by atoms with Crippen molar-refractivity contribution in [1.29, 1.82) is 0 Å². The lowest BCUT2D eigenvalue weighted by molar-refractivity contribution is 0.280. The first-order chi connectivity index (χ1) is 8.52. The van der Waals surface area contributed by atoms with Gasteiger partial charge in [-0.05, 0) is 38.0 Å². The van der Waals surface area contributed by atoms with Crippen molar-refractivity contribution in [2.24, 2.45) is 0 Å². The van der Waals surface area contributed by atoms with Gasteiger partial charge in [-0.1, -0.05) is 23.7 Å². The summed E-state index contributed by atoms with van der Waals surface area (Å²) in [5, 5.41) is 14.5. The normalized spacial score (nSPS) is 10.9. The number of rotatable bonds is 3. The summed E-state index contributed by atoms with van der Waals surface area (Å²) in [4.78, 5) is 0. The minimum absolute atomic E-state index is 0.0271. The van der Waals surface area contributed by atoms with Crippen LogP contribution in [0.25, 0.3) is 0 Å². The Balaban J connectivity index is 2.34. The zero-order valence-electron chi connectivity index (χ0n) is 10.9. The van der Waals surface area contributed by atoms with Crippen LogP contribution in [0.3, 0.4) is 0 Å². The van der Waals surface area contributed by atoms with Gasteiger partial charge in [-0.3, -0.25) is 4.68 Å². The molecule has 0 atom stereocenters. The predicted molar refractivity (Wildman–Crippen MR) is 72.9 cm³/mol. The molecule has 0 saturated heterocycles. The minimum atomic E-state index is 0.0271. The van der Waals surface area contributed by atoms with Gasteiger partial charge in [-0.15, -0.1) is 0 Å². The van der Waals surface area contributed by atoms with E-state index < -0.39 is 0 Å². The van der Waals surface area contributed by atoms with Crippen molar-refractivity contribution >= 4 is 11.6 Å². The minimum Gasteiger partial charge on any atom is -0.392 e. The second-order valence-corrected chi connectivity index (χ2v) is 4.97. The number of aromatic nitrogens is 2. The van der Waals surface area contributed by atoms with Gasteiger partial charge in [0.1, 0.15) is 0 Å². The molecule has 0 fully saturated rings. The SMILES string of the molecule is Cc1ccc(Cn2nc(C)c(CO)c2C)c(Cl)c1. The molecule has 2 rings (SSSR count). The number of benzene rings is 1. The Kier molecular flexibility index (Phi) is 3.73. The van der Waals surface area contributed by atoms with Crippen molar-refractivity contribution in [2.45, 2.75) is 33.9 Å². The van der Waals surface area contributed by atoms with Crippen molar-refractivity contribution in [1.82, 2.24) is 9.78 Å². The van der Waals surface area contributed by atoms with Gasteiger partial charge in [0.15, 0.2) is 0 Å². The Morgan fingerprint density at radius 3 is 2.56 bits per heavy atom. The maximum Gasteiger partial charge on any atom is 0.0718 e. The predicted octanol–water partition coefficient (Wildman–Crippen LogP) is 3.00. The summed E-state index contributed by atoms with van der Waals surface area (Å²) in [5.41, 5.74) is 4.95. The maximum atomic E-state index is 9.29. The summed E-state index contributed by atoms with van der Waals surface area (Å²) in [6.07, 6.45) is 0. The molecule has 0 saturated carbocycles. The first kappa shape index (κ1) is 13.1. The van der Waals surface area contributed by atoms with E-state index in [4.69, 9.17) is 11.6 Å². The number of aryl methyl sites for hydroxylation is 2. The number of aliphatic hydroxyl groups excluding tert-OH is 1. The molecule has 18 heavy (non-hydrogen) atoms. The van der Waals surface area contributed by atoms with Crippen LogP contribution in [0.1, 0.15) is 28.1 Å². The Labute approximate surface area is 112 Å². The summed E-state index contributed by atoms with van der Waals surface area (Å²) < 4.78 is 1.89. The fourth-order valence-electron chi connectivity index (χ4n) is 2.06. The maximum absolute atomic E-state index is 9.29. The van der Waals surface area contributed by atoms with Crippen molar-refractivity contribution < 1.29 is 5.11 Å². The van der Waals surface area contributed by atoms with Crippen LogP contribution in [0.5, 0.6) is 0 Å². The van der Waals surface area contributed by atoms with Gasteiger partial charge in [0.25, 0.3) is 0 Å². The molecule has 1 N–H and O–H groups in total. The van der Waals surface area contributed by atoms with E-state index in [-0.39, 0.29) is 6.61 Å². The fourth-order valence-corrected chi connectivity index (χ4v) is 2.35. The molecule has 1 aromatic heterocycles. The molecule has 0 amide bonds. The van der Waals surface area contributed by atoms with Gasteiger partial charge in [0, 0.05) is 16.3 Å². The second-order valence-electron chi connectivity index (χ2n) is 4.56. The van der Waals surface area contributed by atoms with E-state index in [0.29, 0.717) is 6.54 Å². The van der Waals surface area contributed by atoms with Gasteiger partial charge in [0.2, 0.25) is 0 Å². The smallest absolute Gasteiger partial charge is 0.0718 e. The molecule has 0 bridgehead atoms. The Morgan fingerprint density at radius 2 is 2.00 bits per heavy atom. The number of nitrogens with zero attached hydrogens (tertiary/aromatic N) is 2. The lowest BCUT2D eigenvalue weighted by atomic mass is 10.1. The van der Waals surface area contributed by atoms with E-state index in [1.54, 1.807) is 0 Å². The highest BCUT2D eigenvalue weighted by Gasteiger charge is 2.11. The lowest BCUT2D eigenvalue weighted by Gasteiger charge is -2.08. The zero-order chi connectivity index (χ0) is 13.3. The molecule has 3 nitrogen and oxygen atoms in total. The van der Waals surface area contributed by atoms with Crippen molar-refractivity contribution in [2.75, 3.05) is 0 Å². The third-order valence-electron chi connectivity index (χ3n) is 3.22. The van der Waals surface area contributed by atoms with Crippen LogP contribution >= 0.6 is 11.6 Å². The molecule has 0 spiro atoms. The summed E-state index contributed by atoms with van der Waals surface area (Å²) in [6, 6.07) is 6.02. The molecule has 0 aliphatic heterocycles. The van der Waals surface area contributed by atoms with Crippen molar-refractivity contribution in [3.8, 4) is 0 Å². The summed E-state index contributed by atoms with van der Waals surface area (Å²) in [7, 11) is 0. The average molecular weight is 265 g/mol. The second kappa shape index (κ2) is 5.12. The third kappa shape index (κ3) is 2.42. The highest BCUT2D eigenvalue weighted by Crippen LogP contribution is 2.20. The lowest BCUT2D eigenvalue weighted by Crippen LogP contribution is -2.05. The Bertz CT molecular complexity index is 575. The van der Waals surface area contributed by atoms with Gasteiger partial charge >= 0.3 is 0 Å². The average Bonchev–Trinajstić information content (AvgIpc) is 2.58. The zero-order valence-corrected chi connectivity index (χ0v) is 11.6. The molecule has 0 aliphatic rings. The van der Waals surface area contributed by atoms with Crippen LogP contribution in [0, 0.1) is 20.8 Å². The third-order valence-corrected chi connectivity index (χ3v) is 3.57. The van der Waals surface area contributed by atoms with Gasteiger partial charge in [-0.2, -0.15) is 5.10 Å². The topological polar surface area (TPSA) is 38.0 Å². The highest BCUT2D eigenvalue weighted by atomic mass is 35.5.